The Morgan fingerprint density at radius 2 is 2.33 bits per heavy atom. The van der Waals surface area contributed by atoms with Crippen LogP contribution in [-0.4, -0.2) is 21.0 Å². The van der Waals surface area contributed by atoms with Gasteiger partial charge in [0, 0.05) is 7.05 Å². The van der Waals surface area contributed by atoms with Gasteiger partial charge in [-0.1, -0.05) is 11.6 Å². The van der Waals surface area contributed by atoms with E-state index in [4.69, 9.17) is 11.6 Å². The monoisotopic (exact) mass is 189 g/mol. The van der Waals surface area contributed by atoms with E-state index in [2.05, 4.69) is 5.10 Å². The summed E-state index contributed by atoms with van der Waals surface area (Å²) in [6, 6.07) is 0. The first-order valence-corrected chi connectivity index (χ1v) is 3.27. The van der Waals surface area contributed by atoms with E-state index < -0.39 is 10.6 Å². The zero-order valence-electron chi connectivity index (χ0n) is 6.02. The van der Waals surface area contributed by atoms with Crippen LogP contribution in [0.3, 0.4) is 0 Å². The molecule has 0 unspecified atom stereocenters. The van der Waals surface area contributed by atoms with Gasteiger partial charge in [-0.3, -0.25) is 19.6 Å². The summed E-state index contributed by atoms with van der Waals surface area (Å²) in [7, 11) is 1.42. The Balaban J connectivity index is 3.40. The number of nitro groups is 1. The second-order valence-corrected chi connectivity index (χ2v) is 2.38. The minimum atomic E-state index is -0.737. The maximum absolute atomic E-state index is 10.3. The quantitative estimate of drug-likeness (QED) is 0.392. The van der Waals surface area contributed by atoms with Crippen LogP contribution >= 0.6 is 11.6 Å². The molecule has 0 bridgehead atoms. The van der Waals surface area contributed by atoms with E-state index in [1.165, 1.54) is 7.05 Å². The maximum Gasteiger partial charge on any atom is 0.336 e. The molecule has 7 heteroatoms. The van der Waals surface area contributed by atoms with Crippen LogP contribution < -0.4 is 0 Å². The van der Waals surface area contributed by atoms with Gasteiger partial charge >= 0.3 is 5.69 Å². The predicted octanol–water partition coefficient (Wildman–Crippen LogP) is 0.794. The highest BCUT2D eigenvalue weighted by molar-refractivity contribution is 6.32. The molecule has 0 aromatic carbocycles. The van der Waals surface area contributed by atoms with Crippen LogP contribution in [-0.2, 0) is 7.05 Å². The molecular weight excluding hydrogens is 186 g/mol. The van der Waals surface area contributed by atoms with Crippen molar-refractivity contribution in [2.75, 3.05) is 0 Å². The highest BCUT2D eigenvalue weighted by Gasteiger charge is 2.24. The fraction of sp³-hybridized carbons (Fsp3) is 0.200. The summed E-state index contributed by atoms with van der Waals surface area (Å²) in [4.78, 5) is 19.8. The number of rotatable bonds is 2. The molecule has 0 amide bonds. The Bertz CT molecular complexity index is 346. The van der Waals surface area contributed by atoms with Crippen molar-refractivity contribution in [2.24, 2.45) is 7.05 Å². The minimum absolute atomic E-state index is 0.151. The van der Waals surface area contributed by atoms with Gasteiger partial charge in [0.05, 0.1) is 4.92 Å². The van der Waals surface area contributed by atoms with E-state index in [9.17, 15) is 14.9 Å². The first kappa shape index (κ1) is 8.66. The van der Waals surface area contributed by atoms with Gasteiger partial charge in [-0.25, -0.2) is 0 Å². The van der Waals surface area contributed by atoms with Crippen LogP contribution in [0.5, 0.6) is 0 Å². The van der Waals surface area contributed by atoms with Gasteiger partial charge in [0.1, 0.15) is 0 Å². The zero-order chi connectivity index (χ0) is 9.30. The first-order valence-electron chi connectivity index (χ1n) is 2.90. The Morgan fingerprint density at radius 3 is 2.67 bits per heavy atom. The van der Waals surface area contributed by atoms with E-state index in [-0.39, 0.29) is 10.8 Å². The fourth-order valence-electron chi connectivity index (χ4n) is 0.760. The summed E-state index contributed by atoms with van der Waals surface area (Å²) in [5, 5.41) is 13.7. The molecule has 0 atom stereocenters. The van der Waals surface area contributed by atoms with Crippen molar-refractivity contribution >= 4 is 23.6 Å². The zero-order valence-corrected chi connectivity index (χ0v) is 6.78. The minimum Gasteiger partial charge on any atom is -0.296 e. The lowest BCUT2D eigenvalue weighted by molar-refractivity contribution is -0.385. The molecule has 0 aliphatic carbocycles. The number of aryl methyl sites for hydroxylation is 1. The number of hydrogen-bond donors (Lipinski definition) is 0. The summed E-state index contributed by atoms with van der Waals surface area (Å²) < 4.78 is 1.07. The van der Waals surface area contributed by atoms with Crippen molar-refractivity contribution < 1.29 is 9.72 Å². The molecular formula is C5H4ClN3O3. The molecule has 12 heavy (non-hydrogen) atoms. The predicted molar refractivity (Wildman–Crippen MR) is 40.3 cm³/mol. The second-order valence-electron chi connectivity index (χ2n) is 2.02. The lowest BCUT2D eigenvalue weighted by Gasteiger charge is -1.87. The lowest BCUT2D eigenvalue weighted by atomic mass is 10.4. The van der Waals surface area contributed by atoms with Crippen LogP contribution in [0.4, 0.5) is 5.69 Å². The summed E-state index contributed by atoms with van der Waals surface area (Å²) in [5.74, 6) is 0. The summed E-state index contributed by atoms with van der Waals surface area (Å²) in [5.41, 5.74) is -0.707. The van der Waals surface area contributed by atoms with Crippen LogP contribution in [0.2, 0.25) is 5.15 Å². The standard InChI is InChI=1S/C5H4ClN3O3/c1-8-5(6)4(9(11)12)3(2-10)7-8/h2H,1H3. The van der Waals surface area contributed by atoms with E-state index >= 15 is 0 Å². The Labute approximate surface area is 71.9 Å². The van der Waals surface area contributed by atoms with E-state index in [1.807, 2.05) is 0 Å². The number of carbonyl (C=O) groups is 1. The molecule has 6 nitrogen and oxygen atoms in total. The SMILES string of the molecule is Cn1nc(C=O)c([N+](=O)[O-])c1Cl. The van der Waals surface area contributed by atoms with E-state index in [0.717, 1.165) is 4.68 Å². The van der Waals surface area contributed by atoms with Gasteiger partial charge in [0.15, 0.2) is 6.29 Å². The first-order chi connectivity index (χ1) is 5.57. The average molecular weight is 190 g/mol. The number of aldehydes is 1. The van der Waals surface area contributed by atoms with Crippen LogP contribution in [0.25, 0.3) is 0 Å². The van der Waals surface area contributed by atoms with Gasteiger partial charge in [0.2, 0.25) is 10.8 Å². The van der Waals surface area contributed by atoms with Gasteiger partial charge in [-0.2, -0.15) is 5.10 Å². The van der Waals surface area contributed by atoms with Crippen molar-refractivity contribution in [2.45, 2.75) is 0 Å². The third-order valence-corrected chi connectivity index (χ3v) is 1.70. The molecule has 0 aliphatic heterocycles. The molecule has 0 spiro atoms. The van der Waals surface area contributed by atoms with Gasteiger partial charge in [-0.05, 0) is 0 Å². The van der Waals surface area contributed by atoms with Gasteiger partial charge in [-0.15, -0.1) is 0 Å². The number of carbonyl (C=O) groups excluding carboxylic acids is 1. The van der Waals surface area contributed by atoms with Crippen molar-refractivity contribution in [3.05, 3.63) is 21.0 Å². The number of halogens is 1. The molecule has 0 radical (unpaired) electrons. The van der Waals surface area contributed by atoms with Crippen molar-refractivity contribution in [3.8, 4) is 0 Å². The Kier molecular flexibility index (Phi) is 2.09. The molecule has 0 saturated heterocycles. The largest absolute Gasteiger partial charge is 0.336 e. The average Bonchev–Trinajstić information content (AvgIpc) is 2.28. The number of nitrogens with zero attached hydrogens (tertiary/aromatic N) is 3. The summed E-state index contributed by atoms with van der Waals surface area (Å²) >= 11 is 5.49. The third kappa shape index (κ3) is 1.16. The van der Waals surface area contributed by atoms with Crippen molar-refractivity contribution in [1.82, 2.24) is 9.78 Å². The van der Waals surface area contributed by atoms with E-state index in [1.54, 1.807) is 0 Å². The normalized spacial score (nSPS) is 9.83. The molecule has 0 fully saturated rings. The molecule has 64 valence electrons. The number of aromatic nitrogens is 2. The van der Waals surface area contributed by atoms with E-state index in [0.29, 0.717) is 6.29 Å². The number of hydrogen-bond acceptors (Lipinski definition) is 4. The topological polar surface area (TPSA) is 78.0 Å². The smallest absolute Gasteiger partial charge is 0.296 e. The molecule has 0 N–H and O–H groups in total. The van der Waals surface area contributed by atoms with Crippen molar-refractivity contribution in [3.63, 3.8) is 0 Å². The highest BCUT2D eigenvalue weighted by Crippen LogP contribution is 2.25. The van der Waals surface area contributed by atoms with Crippen LogP contribution in [0.1, 0.15) is 10.5 Å². The lowest BCUT2D eigenvalue weighted by Crippen LogP contribution is -1.91. The summed E-state index contributed by atoms with van der Waals surface area (Å²) in [6.45, 7) is 0. The van der Waals surface area contributed by atoms with Crippen LogP contribution in [0, 0.1) is 10.1 Å². The van der Waals surface area contributed by atoms with Crippen molar-refractivity contribution in [1.29, 1.82) is 0 Å². The molecule has 0 aliphatic rings. The Hall–Kier alpha value is -1.43. The molecule has 1 rings (SSSR count). The molecule has 1 aromatic rings. The van der Waals surface area contributed by atoms with Gasteiger partial charge in [0.25, 0.3) is 0 Å². The Morgan fingerprint density at radius 1 is 1.75 bits per heavy atom. The highest BCUT2D eigenvalue weighted by atomic mass is 35.5. The summed E-state index contributed by atoms with van der Waals surface area (Å²) in [6.07, 6.45) is 0.296. The molecule has 1 aromatic heterocycles. The molecule has 1 heterocycles. The van der Waals surface area contributed by atoms with Crippen LogP contribution in [0.15, 0.2) is 0 Å². The second kappa shape index (κ2) is 2.90. The van der Waals surface area contributed by atoms with Gasteiger partial charge < -0.3 is 0 Å². The fourth-order valence-corrected chi connectivity index (χ4v) is 0.964. The third-order valence-electron chi connectivity index (χ3n) is 1.27. The maximum atomic E-state index is 10.3. The molecule has 0 saturated carbocycles.